The lowest BCUT2D eigenvalue weighted by molar-refractivity contribution is -0.142. The van der Waals surface area contributed by atoms with Crippen LogP contribution in [0.1, 0.15) is 27.7 Å². The molecule has 0 aromatic carbocycles. The number of nitrogens with one attached hydrogen (secondary N) is 1. The first-order valence-corrected chi connectivity index (χ1v) is 6.15. The third-order valence-corrected chi connectivity index (χ3v) is 2.10. The van der Waals surface area contributed by atoms with Crippen molar-refractivity contribution in [1.29, 1.82) is 0 Å². The van der Waals surface area contributed by atoms with Crippen molar-refractivity contribution < 1.29 is 19.1 Å². The van der Waals surface area contributed by atoms with Gasteiger partial charge in [-0.1, -0.05) is 27.0 Å². The summed E-state index contributed by atoms with van der Waals surface area (Å²) in [5, 5.41) is 3.15. The first kappa shape index (κ1) is 17.4. The molecule has 0 spiro atoms. The topological polar surface area (TPSA) is 64.6 Å². The quantitative estimate of drug-likeness (QED) is 0.535. The molecule has 0 bridgehead atoms. The van der Waals surface area contributed by atoms with Gasteiger partial charge in [0, 0.05) is 17.2 Å². The van der Waals surface area contributed by atoms with E-state index < -0.39 is 11.9 Å². The Morgan fingerprint density at radius 2 is 1.37 bits per heavy atom. The zero-order chi connectivity index (χ0) is 15.0. The minimum Gasteiger partial charge on any atom is -0.461 e. The Balaban J connectivity index is 4.30. The summed E-state index contributed by atoms with van der Waals surface area (Å²) in [5.41, 5.74) is 0.671. The molecule has 0 aromatic rings. The number of rotatable bonds is 8. The van der Waals surface area contributed by atoms with E-state index in [1.807, 2.05) is 13.8 Å². The highest BCUT2D eigenvalue weighted by Gasteiger charge is 2.16. The van der Waals surface area contributed by atoms with Gasteiger partial charge in [-0.05, 0) is 13.8 Å². The molecule has 0 aliphatic heterocycles. The summed E-state index contributed by atoms with van der Waals surface area (Å²) in [5.74, 6) is -0.913. The van der Waals surface area contributed by atoms with Crippen LogP contribution < -0.4 is 5.32 Å². The number of hydrogen-bond acceptors (Lipinski definition) is 5. The van der Waals surface area contributed by atoms with Gasteiger partial charge in [0.25, 0.3) is 0 Å². The van der Waals surface area contributed by atoms with E-state index in [0.29, 0.717) is 11.1 Å². The number of carbonyl (C=O) groups is 2. The molecule has 5 heteroatoms. The van der Waals surface area contributed by atoms with Crippen molar-refractivity contribution in [2.24, 2.45) is 0 Å². The van der Waals surface area contributed by atoms with E-state index in [2.05, 4.69) is 18.5 Å². The predicted octanol–water partition coefficient (Wildman–Crippen LogP) is 1.59. The van der Waals surface area contributed by atoms with Crippen molar-refractivity contribution in [3.8, 4) is 0 Å². The lowest BCUT2D eigenvalue weighted by Gasteiger charge is -2.21. The van der Waals surface area contributed by atoms with E-state index in [1.165, 1.54) is 0 Å². The summed E-state index contributed by atoms with van der Waals surface area (Å²) < 4.78 is 10.1. The Morgan fingerprint density at radius 3 is 1.63 bits per heavy atom. The van der Waals surface area contributed by atoms with Crippen LogP contribution in [0, 0.1) is 0 Å². The first-order valence-electron chi connectivity index (χ1n) is 6.15. The molecule has 19 heavy (non-hydrogen) atoms. The van der Waals surface area contributed by atoms with Crippen LogP contribution in [0.5, 0.6) is 0 Å². The second kappa shape index (κ2) is 8.48. The van der Waals surface area contributed by atoms with Gasteiger partial charge in [-0.15, -0.1) is 0 Å². The van der Waals surface area contributed by atoms with Gasteiger partial charge in [0.1, 0.15) is 13.2 Å². The zero-order valence-corrected chi connectivity index (χ0v) is 12.1. The zero-order valence-electron chi connectivity index (χ0n) is 12.1. The third-order valence-electron chi connectivity index (χ3n) is 2.10. The summed E-state index contributed by atoms with van der Waals surface area (Å²) >= 11 is 0. The van der Waals surface area contributed by atoms with Gasteiger partial charge in [-0.3, -0.25) is 0 Å². The highest BCUT2D eigenvalue weighted by Crippen LogP contribution is 1.99. The van der Waals surface area contributed by atoms with E-state index in [-0.39, 0.29) is 25.3 Å². The normalized spacial score (nSPS) is 10.4. The standard InChI is InChI=1S/C14H23NO4/c1-9(2)13(16)18-7-12(15-11(5)6)8-19-14(17)10(3)4/h11-12,15H,1,3,7-8H2,2,4-6H3. The average molecular weight is 269 g/mol. The van der Waals surface area contributed by atoms with E-state index in [0.717, 1.165) is 0 Å². The van der Waals surface area contributed by atoms with Crippen LogP contribution >= 0.6 is 0 Å². The molecule has 0 aromatic heterocycles. The molecule has 0 heterocycles. The molecule has 1 N–H and O–H groups in total. The van der Waals surface area contributed by atoms with Gasteiger partial charge in [-0.25, -0.2) is 9.59 Å². The molecule has 5 nitrogen and oxygen atoms in total. The van der Waals surface area contributed by atoms with Crippen molar-refractivity contribution in [3.63, 3.8) is 0 Å². The maximum absolute atomic E-state index is 11.3. The molecule has 0 atom stereocenters. The lowest BCUT2D eigenvalue weighted by Crippen LogP contribution is -2.42. The molecule has 0 aliphatic carbocycles. The largest absolute Gasteiger partial charge is 0.461 e. The fourth-order valence-corrected chi connectivity index (χ4v) is 1.21. The van der Waals surface area contributed by atoms with Crippen molar-refractivity contribution in [2.75, 3.05) is 13.2 Å². The number of esters is 2. The number of carbonyl (C=O) groups excluding carboxylic acids is 2. The molecule has 0 fully saturated rings. The van der Waals surface area contributed by atoms with Crippen molar-refractivity contribution in [3.05, 3.63) is 24.3 Å². The van der Waals surface area contributed by atoms with Gasteiger partial charge in [0.05, 0.1) is 6.04 Å². The highest BCUT2D eigenvalue weighted by molar-refractivity contribution is 5.87. The molecule has 108 valence electrons. The first-order chi connectivity index (χ1) is 8.73. The molecule has 0 radical (unpaired) electrons. The van der Waals surface area contributed by atoms with Crippen LogP contribution in [-0.4, -0.2) is 37.2 Å². The second-order valence-corrected chi connectivity index (χ2v) is 4.78. The maximum Gasteiger partial charge on any atom is 0.333 e. The fourth-order valence-electron chi connectivity index (χ4n) is 1.21. The minimum atomic E-state index is -0.457. The van der Waals surface area contributed by atoms with E-state index in [1.54, 1.807) is 13.8 Å². The molecule has 0 saturated carbocycles. The summed E-state index contributed by atoms with van der Waals surface area (Å²) in [6.45, 7) is 14.3. The average Bonchev–Trinajstić information content (AvgIpc) is 2.30. The van der Waals surface area contributed by atoms with Crippen LogP contribution in [0.4, 0.5) is 0 Å². The molecular weight excluding hydrogens is 246 g/mol. The maximum atomic E-state index is 11.3. The van der Waals surface area contributed by atoms with Gasteiger partial charge < -0.3 is 14.8 Å². The van der Waals surface area contributed by atoms with Gasteiger partial charge in [0.15, 0.2) is 0 Å². The summed E-state index contributed by atoms with van der Waals surface area (Å²) in [6.07, 6.45) is 0. The molecule has 0 aliphatic rings. The highest BCUT2D eigenvalue weighted by atomic mass is 16.5. The van der Waals surface area contributed by atoms with Crippen LogP contribution in [0.3, 0.4) is 0 Å². The number of hydrogen-bond donors (Lipinski definition) is 1. The molecule has 0 saturated heterocycles. The molecule has 0 rings (SSSR count). The lowest BCUT2D eigenvalue weighted by atomic mass is 10.2. The molecular formula is C14H23NO4. The van der Waals surface area contributed by atoms with Crippen LogP contribution in [0.25, 0.3) is 0 Å². The Hall–Kier alpha value is -1.62. The van der Waals surface area contributed by atoms with Crippen molar-refractivity contribution >= 4 is 11.9 Å². The Morgan fingerprint density at radius 1 is 1.00 bits per heavy atom. The van der Waals surface area contributed by atoms with E-state index in [9.17, 15) is 9.59 Å². The van der Waals surface area contributed by atoms with Crippen molar-refractivity contribution in [2.45, 2.75) is 39.8 Å². The van der Waals surface area contributed by atoms with Gasteiger partial charge in [-0.2, -0.15) is 0 Å². The van der Waals surface area contributed by atoms with Crippen LogP contribution in [-0.2, 0) is 19.1 Å². The summed E-state index contributed by atoms with van der Waals surface area (Å²) in [6, 6.07) is -0.0799. The number of ether oxygens (including phenoxy) is 2. The van der Waals surface area contributed by atoms with E-state index in [4.69, 9.17) is 9.47 Å². The second-order valence-electron chi connectivity index (χ2n) is 4.78. The molecule has 0 amide bonds. The molecule has 0 unspecified atom stereocenters. The SMILES string of the molecule is C=C(C)C(=O)OCC(COC(=O)C(=C)C)NC(C)C. The monoisotopic (exact) mass is 269 g/mol. The van der Waals surface area contributed by atoms with Gasteiger partial charge in [0.2, 0.25) is 0 Å². The summed E-state index contributed by atoms with van der Waals surface area (Å²) in [4.78, 5) is 22.6. The van der Waals surface area contributed by atoms with Crippen LogP contribution in [0.15, 0.2) is 24.3 Å². The fraction of sp³-hybridized carbons (Fsp3) is 0.571. The van der Waals surface area contributed by atoms with E-state index >= 15 is 0 Å². The minimum absolute atomic E-state index is 0.118. The Kier molecular flexibility index (Phi) is 7.75. The Labute approximate surface area is 114 Å². The van der Waals surface area contributed by atoms with Crippen LogP contribution in [0.2, 0.25) is 0 Å². The Bertz CT molecular complexity index is 330. The van der Waals surface area contributed by atoms with Crippen molar-refractivity contribution in [1.82, 2.24) is 5.32 Å². The summed E-state index contributed by atoms with van der Waals surface area (Å²) in [7, 11) is 0. The third kappa shape index (κ3) is 8.15. The smallest absolute Gasteiger partial charge is 0.333 e. The van der Waals surface area contributed by atoms with Gasteiger partial charge >= 0.3 is 11.9 Å². The predicted molar refractivity (Wildman–Crippen MR) is 73.6 cm³/mol.